The normalized spacial score (nSPS) is 20.6. The third-order valence-electron chi connectivity index (χ3n) is 3.91. The Morgan fingerprint density at radius 2 is 2.24 bits per heavy atom. The minimum absolute atomic E-state index is 0.0364. The van der Waals surface area contributed by atoms with Gasteiger partial charge in [0, 0.05) is 11.8 Å². The average Bonchev–Trinajstić information content (AvgIpc) is 2.51. The monoisotopic (exact) mass is 322 g/mol. The molecule has 0 radical (unpaired) electrons. The molecule has 5 heteroatoms. The number of benzene rings is 1. The number of nitrogens with zero attached hydrogens (tertiary/aromatic N) is 2. The Morgan fingerprint density at radius 1 is 1.43 bits per heavy atom. The zero-order valence-electron chi connectivity index (χ0n) is 12.1. The highest BCUT2D eigenvalue weighted by Gasteiger charge is 2.20. The highest BCUT2D eigenvalue weighted by molar-refractivity contribution is 7.99. The zero-order valence-corrected chi connectivity index (χ0v) is 13.7. The van der Waals surface area contributed by atoms with E-state index < -0.39 is 0 Å². The third kappa shape index (κ3) is 3.11. The van der Waals surface area contributed by atoms with Crippen LogP contribution in [0.25, 0.3) is 10.9 Å². The van der Waals surface area contributed by atoms with Crippen LogP contribution >= 0.6 is 23.4 Å². The number of aromatic nitrogens is 2. The second kappa shape index (κ2) is 6.41. The predicted octanol–water partition coefficient (Wildman–Crippen LogP) is 3.98. The summed E-state index contributed by atoms with van der Waals surface area (Å²) in [7, 11) is 0. The van der Waals surface area contributed by atoms with Gasteiger partial charge in [0.05, 0.1) is 16.3 Å². The first-order valence-electron chi connectivity index (χ1n) is 7.42. The van der Waals surface area contributed by atoms with E-state index >= 15 is 0 Å². The van der Waals surface area contributed by atoms with Gasteiger partial charge in [0.25, 0.3) is 5.56 Å². The smallest absolute Gasteiger partial charge is 0.261 e. The van der Waals surface area contributed by atoms with Crippen molar-refractivity contribution in [1.29, 1.82) is 0 Å². The van der Waals surface area contributed by atoms with Crippen molar-refractivity contribution in [2.24, 2.45) is 0 Å². The molecule has 112 valence electrons. The summed E-state index contributed by atoms with van der Waals surface area (Å²) in [4.78, 5) is 17.4. The van der Waals surface area contributed by atoms with Crippen molar-refractivity contribution >= 4 is 34.3 Å². The maximum absolute atomic E-state index is 12.8. The first kappa shape index (κ1) is 14.9. The zero-order chi connectivity index (χ0) is 14.8. The minimum atomic E-state index is -0.268. The molecule has 1 aliphatic rings. The lowest BCUT2D eigenvalue weighted by Gasteiger charge is -2.24. The highest BCUT2D eigenvalue weighted by Crippen LogP contribution is 2.27. The molecular weight excluding hydrogens is 304 g/mol. The summed E-state index contributed by atoms with van der Waals surface area (Å²) < 4.78 is 1.79. The Balaban J connectivity index is 2.07. The minimum Gasteiger partial charge on any atom is -0.294 e. The molecule has 1 aliphatic heterocycles. The van der Waals surface area contributed by atoms with Crippen LogP contribution in [0.1, 0.15) is 37.4 Å². The van der Waals surface area contributed by atoms with Gasteiger partial charge in [-0.25, -0.2) is 4.98 Å². The Bertz CT molecular complexity index is 692. The number of alkyl halides is 1. The summed E-state index contributed by atoms with van der Waals surface area (Å²) in [6.07, 6.45) is 3.70. The van der Waals surface area contributed by atoms with Crippen LogP contribution in [0.4, 0.5) is 0 Å². The topological polar surface area (TPSA) is 34.9 Å². The standard InChI is InChI=1S/C16H19ClN2OS/c1-11(17)15-18-14-8-3-2-7-13(14)16(20)19(15)10-12-6-4-5-9-21-12/h2-3,7-8,11-12H,4-6,9-10H2,1H3. The van der Waals surface area contributed by atoms with Crippen LogP contribution in [0.3, 0.4) is 0 Å². The molecule has 0 aliphatic carbocycles. The Labute approximate surface area is 133 Å². The van der Waals surface area contributed by atoms with E-state index in [2.05, 4.69) is 4.98 Å². The number of hydrogen-bond donors (Lipinski definition) is 0. The molecule has 3 nitrogen and oxygen atoms in total. The average molecular weight is 323 g/mol. The summed E-state index contributed by atoms with van der Waals surface area (Å²) in [5.74, 6) is 1.87. The first-order chi connectivity index (χ1) is 10.2. The van der Waals surface area contributed by atoms with Gasteiger partial charge in [0.1, 0.15) is 5.82 Å². The number of fused-ring (bicyclic) bond motifs is 1. The van der Waals surface area contributed by atoms with E-state index in [1.165, 1.54) is 25.0 Å². The van der Waals surface area contributed by atoms with E-state index in [1.807, 2.05) is 43.0 Å². The van der Waals surface area contributed by atoms with Gasteiger partial charge >= 0.3 is 0 Å². The summed E-state index contributed by atoms with van der Waals surface area (Å²) in [5, 5.41) is 0.906. The molecule has 1 aromatic heterocycles. The number of thioether (sulfide) groups is 1. The van der Waals surface area contributed by atoms with E-state index in [1.54, 1.807) is 4.57 Å². The lowest BCUT2D eigenvalue weighted by atomic mass is 10.1. The largest absolute Gasteiger partial charge is 0.294 e. The van der Waals surface area contributed by atoms with Crippen molar-refractivity contribution in [3.05, 3.63) is 40.4 Å². The van der Waals surface area contributed by atoms with Crippen molar-refractivity contribution in [2.45, 2.75) is 43.4 Å². The fraction of sp³-hybridized carbons (Fsp3) is 0.500. The molecule has 0 amide bonds. The fourth-order valence-electron chi connectivity index (χ4n) is 2.82. The van der Waals surface area contributed by atoms with Gasteiger partial charge in [-0.15, -0.1) is 11.6 Å². The van der Waals surface area contributed by atoms with Crippen LogP contribution in [-0.2, 0) is 6.54 Å². The molecule has 21 heavy (non-hydrogen) atoms. The lowest BCUT2D eigenvalue weighted by molar-refractivity contribution is 0.548. The Hall–Kier alpha value is -1.00. The van der Waals surface area contributed by atoms with E-state index in [-0.39, 0.29) is 10.9 Å². The molecule has 0 spiro atoms. The summed E-state index contributed by atoms with van der Waals surface area (Å²) in [5.41, 5.74) is 0.770. The van der Waals surface area contributed by atoms with Crippen LogP contribution in [0.15, 0.2) is 29.1 Å². The summed E-state index contributed by atoms with van der Waals surface area (Å²) in [6, 6.07) is 7.50. The third-order valence-corrected chi connectivity index (χ3v) is 5.48. The van der Waals surface area contributed by atoms with Gasteiger partial charge in [0.15, 0.2) is 0 Å². The highest BCUT2D eigenvalue weighted by atomic mass is 35.5. The molecule has 2 aromatic rings. The van der Waals surface area contributed by atoms with Crippen LogP contribution in [0, 0.1) is 0 Å². The van der Waals surface area contributed by atoms with Crippen LogP contribution in [-0.4, -0.2) is 20.6 Å². The predicted molar refractivity (Wildman–Crippen MR) is 90.4 cm³/mol. The number of para-hydroxylation sites is 1. The van der Waals surface area contributed by atoms with E-state index in [4.69, 9.17) is 11.6 Å². The van der Waals surface area contributed by atoms with Crippen molar-refractivity contribution in [2.75, 3.05) is 5.75 Å². The molecule has 2 heterocycles. The van der Waals surface area contributed by atoms with Crippen molar-refractivity contribution in [1.82, 2.24) is 9.55 Å². The summed E-state index contributed by atoms with van der Waals surface area (Å²) in [6.45, 7) is 2.59. The first-order valence-corrected chi connectivity index (χ1v) is 8.90. The lowest BCUT2D eigenvalue weighted by Crippen LogP contribution is -2.30. The molecule has 1 aromatic carbocycles. The van der Waals surface area contributed by atoms with E-state index in [0.717, 1.165) is 5.52 Å². The molecule has 0 saturated carbocycles. The van der Waals surface area contributed by atoms with Crippen molar-refractivity contribution in [3.8, 4) is 0 Å². The second-order valence-corrected chi connectivity index (χ2v) is 7.57. The molecule has 0 N–H and O–H groups in total. The quantitative estimate of drug-likeness (QED) is 0.802. The second-order valence-electron chi connectivity index (χ2n) is 5.51. The molecule has 2 unspecified atom stereocenters. The molecule has 1 saturated heterocycles. The van der Waals surface area contributed by atoms with Gasteiger partial charge in [-0.05, 0) is 37.7 Å². The van der Waals surface area contributed by atoms with Crippen LogP contribution in [0.5, 0.6) is 0 Å². The maximum Gasteiger partial charge on any atom is 0.261 e. The van der Waals surface area contributed by atoms with E-state index in [9.17, 15) is 4.79 Å². The SMILES string of the molecule is CC(Cl)c1nc2ccccc2c(=O)n1CC1CCCCS1. The Morgan fingerprint density at radius 3 is 2.95 bits per heavy atom. The molecule has 2 atom stereocenters. The molecule has 1 fully saturated rings. The van der Waals surface area contributed by atoms with Gasteiger partial charge in [-0.2, -0.15) is 11.8 Å². The molecule has 3 rings (SSSR count). The number of halogens is 1. The van der Waals surface area contributed by atoms with Crippen LogP contribution in [0.2, 0.25) is 0 Å². The van der Waals surface area contributed by atoms with Crippen molar-refractivity contribution < 1.29 is 0 Å². The van der Waals surface area contributed by atoms with Gasteiger partial charge in [0.2, 0.25) is 0 Å². The van der Waals surface area contributed by atoms with Gasteiger partial charge in [-0.3, -0.25) is 9.36 Å². The molecule has 0 bridgehead atoms. The maximum atomic E-state index is 12.8. The number of rotatable bonds is 3. The van der Waals surface area contributed by atoms with Gasteiger partial charge < -0.3 is 0 Å². The number of hydrogen-bond acceptors (Lipinski definition) is 3. The van der Waals surface area contributed by atoms with Crippen LogP contribution < -0.4 is 5.56 Å². The van der Waals surface area contributed by atoms with Gasteiger partial charge in [-0.1, -0.05) is 18.6 Å². The van der Waals surface area contributed by atoms with E-state index in [0.29, 0.717) is 23.0 Å². The fourth-order valence-corrected chi connectivity index (χ4v) is 4.28. The Kier molecular flexibility index (Phi) is 4.55. The molecular formula is C16H19ClN2OS. The van der Waals surface area contributed by atoms with Crippen molar-refractivity contribution in [3.63, 3.8) is 0 Å². The summed E-state index contributed by atoms with van der Waals surface area (Å²) >= 11 is 8.23.